The van der Waals surface area contributed by atoms with Gasteiger partial charge < -0.3 is 4.74 Å². The summed E-state index contributed by atoms with van der Waals surface area (Å²) >= 11 is 0. The highest BCUT2D eigenvalue weighted by atomic mass is 16.5. The Bertz CT molecular complexity index is 420. The van der Waals surface area contributed by atoms with Crippen molar-refractivity contribution in [1.82, 2.24) is 0 Å². The highest BCUT2D eigenvalue weighted by Gasteiger charge is 2.47. The summed E-state index contributed by atoms with van der Waals surface area (Å²) in [6, 6.07) is 6.56. The second kappa shape index (κ2) is 4.04. The highest BCUT2D eigenvalue weighted by Crippen LogP contribution is 2.55. The van der Waals surface area contributed by atoms with Gasteiger partial charge in [0.25, 0.3) is 0 Å². The molecule has 1 fully saturated rings. The monoisotopic (exact) mass is 232 g/mol. The zero-order chi connectivity index (χ0) is 12.7. The first-order chi connectivity index (χ1) is 7.90. The quantitative estimate of drug-likeness (QED) is 0.731. The van der Waals surface area contributed by atoms with Gasteiger partial charge >= 0.3 is 0 Å². The smallest absolute Gasteiger partial charge is 0.122 e. The highest BCUT2D eigenvalue weighted by molar-refractivity contribution is 5.44. The van der Waals surface area contributed by atoms with E-state index in [4.69, 9.17) is 4.74 Å². The van der Waals surface area contributed by atoms with Crippen LogP contribution in [0.3, 0.4) is 0 Å². The Balaban J connectivity index is 2.56. The van der Waals surface area contributed by atoms with E-state index in [1.54, 1.807) is 7.11 Å². The molecule has 0 saturated heterocycles. The summed E-state index contributed by atoms with van der Waals surface area (Å²) in [4.78, 5) is 0. The molecule has 0 aliphatic heterocycles. The van der Waals surface area contributed by atoms with Crippen molar-refractivity contribution >= 4 is 0 Å². The Kier molecular flexibility index (Phi) is 2.97. The molecule has 1 nitrogen and oxygen atoms in total. The SMILES string of the molecule is COc1ccc(C)cc1[C@@]1(C)CCCC1(C)C. The number of hydrogen-bond acceptors (Lipinski definition) is 1. The van der Waals surface area contributed by atoms with Crippen molar-refractivity contribution < 1.29 is 4.74 Å². The van der Waals surface area contributed by atoms with Crippen LogP contribution in [0.15, 0.2) is 18.2 Å². The van der Waals surface area contributed by atoms with Gasteiger partial charge in [-0.3, -0.25) is 0 Å². The molecule has 0 N–H and O–H groups in total. The molecule has 0 bridgehead atoms. The summed E-state index contributed by atoms with van der Waals surface area (Å²) in [6.07, 6.45) is 3.89. The molecule has 0 radical (unpaired) electrons. The van der Waals surface area contributed by atoms with Crippen molar-refractivity contribution in [2.45, 2.75) is 52.4 Å². The minimum atomic E-state index is 0.240. The van der Waals surface area contributed by atoms with E-state index in [2.05, 4.69) is 45.9 Å². The lowest BCUT2D eigenvalue weighted by atomic mass is 9.65. The van der Waals surface area contributed by atoms with Gasteiger partial charge in [-0.15, -0.1) is 0 Å². The fourth-order valence-corrected chi connectivity index (χ4v) is 3.25. The molecule has 2 rings (SSSR count). The topological polar surface area (TPSA) is 9.23 Å². The second-order valence-corrected chi connectivity index (χ2v) is 6.27. The van der Waals surface area contributed by atoms with E-state index in [-0.39, 0.29) is 5.41 Å². The van der Waals surface area contributed by atoms with Crippen LogP contribution in [0, 0.1) is 12.3 Å². The van der Waals surface area contributed by atoms with Crippen molar-refractivity contribution in [3.05, 3.63) is 29.3 Å². The van der Waals surface area contributed by atoms with Crippen LogP contribution < -0.4 is 4.74 Å². The molecule has 1 aromatic carbocycles. The zero-order valence-corrected chi connectivity index (χ0v) is 11.8. The van der Waals surface area contributed by atoms with Gasteiger partial charge in [-0.05, 0) is 31.2 Å². The average Bonchev–Trinajstić information content (AvgIpc) is 2.54. The van der Waals surface area contributed by atoms with Gasteiger partial charge in [0.15, 0.2) is 0 Å². The van der Waals surface area contributed by atoms with Gasteiger partial charge in [-0.1, -0.05) is 44.9 Å². The zero-order valence-electron chi connectivity index (χ0n) is 11.8. The van der Waals surface area contributed by atoms with Crippen molar-refractivity contribution in [1.29, 1.82) is 0 Å². The molecule has 94 valence electrons. The summed E-state index contributed by atoms with van der Waals surface area (Å²) in [5, 5.41) is 0. The first-order valence-electron chi connectivity index (χ1n) is 6.56. The van der Waals surface area contributed by atoms with Crippen molar-refractivity contribution in [2.75, 3.05) is 7.11 Å². The van der Waals surface area contributed by atoms with Crippen LogP contribution in [0.5, 0.6) is 5.75 Å². The Morgan fingerprint density at radius 2 is 1.82 bits per heavy atom. The summed E-state index contributed by atoms with van der Waals surface area (Å²) in [7, 11) is 1.78. The maximum atomic E-state index is 5.57. The maximum Gasteiger partial charge on any atom is 0.122 e. The molecule has 0 heterocycles. The first-order valence-corrected chi connectivity index (χ1v) is 6.56. The first kappa shape index (κ1) is 12.5. The van der Waals surface area contributed by atoms with Gasteiger partial charge in [-0.25, -0.2) is 0 Å². The molecule has 1 heteroatoms. The van der Waals surface area contributed by atoms with E-state index in [1.165, 1.54) is 30.4 Å². The Labute approximate surface area is 105 Å². The standard InChI is InChI=1S/C16H24O/c1-12-7-8-14(17-5)13(11-12)16(4)10-6-9-15(16,2)3/h7-8,11H,6,9-10H2,1-5H3/t16-/m1/s1. The molecule has 1 aliphatic rings. The molecule has 1 aliphatic carbocycles. The van der Waals surface area contributed by atoms with Gasteiger partial charge in [0.2, 0.25) is 0 Å². The molecule has 0 aromatic heterocycles. The summed E-state index contributed by atoms with van der Waals surface area (Å²) < 4.78 is 5.57. The Hall–Kier alpha value is -0.980. The van der Waals surface area contributed by atoms with Crippen LogP contribution in [-0.2, 0) is 5.41 Å². The molecule has 17 heavy (non-hydrogen) atoms. The largest absolute Gasteiger partial charge is 0.496 e. The van der Waals surface area contributed by atoms with Crippen LogP contribution in [-0.4, -0.2) is 7.11 Å². The minimum absolute atomic E-state index is 0.240. The van der Waals surface area contributed by atoms with Gasteiger partial charge in [0.1, 0.15) is 5.75 Å². The third kappa shape index (κ3) is 1.86. The van der Waals surface area contributed by atoms with Gasteiger partial charge in [0, 0.05) is 11.0 Å². The number of methoxy groups -OCH3 is 1. The molecule has 0 unspecified atom stereocenters. The van der Waals surface area contributed by atoms with Crippen molar-refractivity contribution in [3.63, 3.8) is 0 Å². The summed E-state index contributed by atoms with van der Waals surface area (Å²) in [5.41, 5.74) is 3.31. The lowest BCUT2D eigenvalue weighted by Crippen LogP contribution is -2.34. The predicted molar refractivity (Wildman–Crippen MR) is 72.7 cm³/mol. The number of aryl methyl sites for hydroxylation is 1. The molecule has 1 atom stereocenters. The van der Waals surface area contributed by atoms with Crippen LogP contribution >= 0.6 is 0 Å². The molecule has 1 aromatic rings. The third-order valence-electron chi connectivity index (χ3n) is 4.92. The van der Waals surface area contributed by atoms with Crippen LogP contribution in [0.25, 0.3) is 0 Å². The molecule has 0 spiro atoms. The van der Waals surface area contributed by atoms with Crippen LogP contribution in [0.1, 0.15) is 51.2 Å². The Morgan fingerprint density at radius 1 is 1.12 bits per heavy atom. The predicted octanol–water partition coefficient (Wildman–Crippen LogP) is 4.47. The lowest BCUT2D eigenvalue weighted by molar-refractivity contribution is 0.218. The molecule has 0 amide bonds. The Morgan fingerprint density at radius 3 is 2.35 bits per heavy atom. The second-order valence-electron chi connectivity index (χ2n) is 6.27. The van der Waals surface area contributed by atoms with Crippen molar-refractivity contribution in [3.8, 4) is 5.75 Å². The third-order valence-corrected chi connectivity index (χ3v) is 4.92. The van der Waals surface area contributed by atoms with Gasteiger partial charge in [0.05, 0.1) is 7.11 Å². The molecular formula is C16H24O. The molecular weight excluding hydrogens is 208 g/mol. The lowest BCUT2D eigenvalue weighted by Gasteiger charge is -2.40. The van der Waals surface area contributed by atoms with E-state index in [1.807, 2.05) is 0 Å². The van der Waals surface area contributed by atoms with Crippen LogP contribution in [0.2, 0.25) is 0 Å². The minimum Gasteiger partial charge on any atom is -0.496 e. The summed E-state index contributed by atoms with van der Waals surface area (Å²) in [6.45, 7) is 9.34. The normalized spacial score (nSPS) is 27.1. The average molecular weight is 232 g/mol. The maximum absolute atomic E-state index is 5.57. The van der Waals surface area contributed by atoms with E-state index < -0.39 is 0 Å². The van der Waals surface area contributed by atoms with E-state index >= 15 is 0 Å². The number of hydrogen-bond donors (Lipinski definition) is 0. The van der Waals surface area contributed by atoms with Gasteiger partial charge in [-0.2, -0.15) is 0 Å². The van der Waals surface area contributed by atoms with E-state index in [0.29, 0.717) is 5.41 Å². The molecule has 1 saturated carbocycles. The van der Waals surface area contributed by atoms with E-state index in [0.717, 1.165) is 5.75 Å². The summed E-state index contributed by atoms with van der Waals surface area (Å²) in [5.74, 6) is 1.05. The van der Waals surface area contributed by atoms with Crippen molar-refractivity contribution in [2.24, 2.45) is 5.41 Å². The van der Waals surface area contributed by atoms with E-state index in [9.17, 15) is 0 Å². The number of benzene rings is 1. The fraction of sp³-hybridized carbons (Fsp3) is 0.625. The van der Waals surface area contributed by atoms with Crippen LogP contribution in [0.4, 0.5) is 0 Å². The number of ether oxygens (including phenoxy) is 1. The number of rotatable bonds is 2. The fourth-order valence-electron chi connectivity index (χ4n) is 3.25.